The van der Waals surface area contributed by atoms with Crippen molar-refractivity contribution in [2.24, 2.45) is 0 Å². The first-order valence-electron chi connectivity index (χ1n) is 11.2. The Labute approximate surface area is 211 Å². The third kappa shape index (κ3) is 6.73. The number of rotatable bonds is 10. The molecule has 3 rings (SSSR count). The van der Waals surface area contributed by atoms with Gasteiger partial charge in [-0.3, -0.25) is 9.66 Å². The Balaban J connectivity index is 1.97. The number of pyridine rings is 2. The summed E-state index contributed by atoms with van der Waals surface area (Å²) in [5.74, 6) is -1.22. The molecule has 13 heteroatoms. The van der Waals surface area contributed by atoms with Gasteiger partial charge in [0.1, 0.15) is 11.6 Å². The van der Waals surface area contributed by atoms with E-state index in [9.17, 15) is 30.9 Å². The van der Waals surface area contributed by atoms with Crippen molar-refractivity contribution in [2.75, 3.05) is 22.7 Å². The summed E-state index contributed by atoms with van der Waals surface area (Å²) in [5, 5.41) is -0.422. The molecule has 0 atom stereocenters. The Morgan fingerprint density at radius 1 is 1.03 bits per heavy atom. The molecule has 198 valence electrons. The third-order valence-electron chi connectivity index (χ3n) is 5.45. The van der Waals surface area contributed by atoms with Gasteiger partial charge in [-0.05, 0) is 43.2 Å². The molecule has 0 saturated heterocycles. The molecule has 0 aliphatic heterocycles. The minimum absolute atomic E-state index is 0.0177. The van der Waals surface area contributed by atoms with E-state index < -0.39 is 38.5 Å². The van der Waals surface area contributed by atoms with Crippen LogP contribution in [0.4, 0.5) is 29.3 Å². The first kappa shape index (κ1) is 27.8. The molecule has 1 aromatic carbocycles. The lowest BCUT2D eigenvalue weighted by molar-refractivity contribution is -0.183. The topological polar surface area (TPSA) is 101 Å². The number of hydrogen-bond acceptors (Lipinski definition) is 7. The van der Waals surface area contributed by atoms with Crippen molar-refractivity contribution in [3.05, 3.63) is 65.7 Å². The number of carbonyl (C=O) groups excluding carboxylic acids is 1. The molecule has 3 aromatic rings. The fourth-order valence-electron chi connectivity index (χ4n) is 3.63. The van der Waals surface area contributed by atoms with Crippen LogP contribution in [0.2, 0.25) is 0 Å². The maximum atomic E-state index is 13.8. The Morgan fingerprint density at radius 2 is 1.76 bits per heavy atom. The summed E-state index contributed by atoms with van der Waals surface area (Å²) < 4.78 is 81.5. The quantitative estimate of drug-likeness (QED) is 0.354. The molecule has 0 amide bonds. The number of aryl methyl sites for hydroxylation is 1. The van der Waals surface area contributed by atoms with Crippen LogP contribution in [0.3, 0.4) is 0 Å². The van der Waals surface area contributed by atoms with Crippen LogP contribution in [0.5, 0.6) is 0 Å². The van der Waals surface area contributed by atoms with E-state index in [4.69, 9.17) is 0 Å². The van der Waals surface area contributed by atoms with E-state index in [0.717, 1.165) is 12.1 Å². The fourth-order valence-corrected chi connectivity index (χ4v) is 4.59. The summed E-state index contributed by atoms with van der Waals surface area (Å²) in [7, 11) is -4.36. The first-order valence-corrected chi connectivity index (χ1v) is 12.7. The lowest BCUT2D eigenvalue weighted by Crippen LogP contribution is -2.27. The van der Waals surface area contributed by atoms with E-state index in [0.29, 0.717) is 18.5 Å². The Morgan fingerprint density at radius 3 is 2.41 bits per heavy atom. The number of anilines is 2. The summed E-state index contributed by atoms with van der Waals surface area (Å²) in [4.78, 5) is 23.9. The maximum Gasteiger partial charge on any atom is 0.418 e. The number of hydrogen-bond donors (Lipinski definition) is 1. The van der Waals surface area contributed by atoms with Gasteiger partial charge in [0.05, 0.1) is 17.7 Å². The van der Waals surface area contributed by atoms with E-state index in [1.165, 1.54) is 29.2 Å². The molecule has 0 saturated carbocycles. The second-order valence-corrected chi connectivity index (χ2v) is 9.45. The molecule has 0 aliphatic rings. The van der Waals surface area contributed by atoms with E-state index in [1.807, 2.05) is 0 Å². The highest BCUT2D eigenvalue weighted by atomic mass is 32.2. The van der Waals surface area contributed by atoms with Crippen molar-refractivity contribution in [3.8, 4) is 11.3 Å². The van der Waals surface area contributed by atoms with Crippen LogP contribution in [0.25, 0.3) is 11.3 Å². The Bertz CT molecular complexity index is 1370. The lowest BCUT2D eigenvalue weighted by atomic mass is 9.98. The van der Waals surface area contributed by atoms with E-state index in [1.54, 1.807) is 32.0 Å². The third-order valence-corrected chi connectivity index (χ3v) is 6.71. The van der Waals surface area contributed by atoms with Crippen molar-refractivity contribution in [3.63, 3.8) is 0 Å². The fraction of sp³-hybridized carbons (Fsp3) is 0.292. The number of halogens is 4. The van der Waals surface area contributed by atoms with Crippen LogP contribution in [0.1, 0.15) is 31.4 Å². The average Bonchev–Trinajstić information content (AvgIpc) is 2.88. The van der Waals surface area contributed by atoms with Crippen LogP contribution in [0, 0.1) is 0 Å². The van der Waals surface area contributed by atoms with Crippen LogP contribution < -0.4 is 9.62 Å². The first-order chi connectivity index (χ1) is 17.5. The monoisotopic (exact) mass is 540 g/mol. The molecule has 0 aliphatic carbocycles. The van der Waals surface area contributed by atoms with Crippen LogP contribution in [0.15, 0.2) is 59.6 Å². The van der Waals surface area contributed by atoms with Gasteiger partial charge in [-0.15, -0.1) is 0 Å². The average molecular weight is 541 g/mol. The molecule has 0 unspecified atom stereocenters. The number of carbonyl (C=O) groups is 1. The van der Waals surface area contributed by atoms with Gasteiger partial charge in [-0.1, -0.05) is 37.3 Å². The Hall–Kier alpha value is -3.74. The Kier molecular flexibility index (Phi) is 8.69. The van der Waals surface area contributed by atoms with Gasteiger partial charge < -0.3 is 4.90 Å². The smallest absolute Gasteiger partial charge is 0.356 e. The zero-order valence-corrected chi connectivity index (χ0v) is 20.7. The summed E-state index contributed by atoms with van der Waals surface area (Å²) in [5.41, 5.74) is -0.541. The number of nitrogens with zero attached hydrogens (tertiary/aromatic N) is 3. The van der Waals surface area contributed by atoms with Crippen molar-refractivity contribution in [2.45, 2.75) is 37.9 Å². The summed E-state index contributed by atoms with van der Waals surface area (Å²) >= 11 is 0. The van der Waals surface area contributed by atoms with Gasteiger partial charge in [0.2, 0.25) is 0 Å². The zero-order valence-electron chi connectivity index (χ0n) is 19.9. The summed E-state index contributed by atoms with van der Waals surface area (Å²) in [6.45, 7) is 3.86. The molecule has 8 nitrogen and oxygen atoms in total. The second-order valence-electron chi connectivity index (χ2n) is 7.82. The molecule has 2 heterocycles. The molecule has 0 fully saturated rings. The maximum absolute atomic E-state index is 13.8. The van der Waals surface area contributed by atoms with E-state index in [-0.39, 0.29) is 30.2 Å². The minimum atomic E-state index is -4.71. The van der Waals surface area contributed by atoms with Gasteiger partial charge in [0, 0.05) is 23.2 Å². The lowest BCUT2D eigenvalue weighted by Gasteiger charge is -2.21. The molecule has 2 aromatic heterocycles. The van der Waals surface area contributed by atoms with Gasteiger partial charge in [0.25, 0.3) is 10.0 Å². The highest BCUT2D eigenvalue weighted by Crippen LogP contribution is 2.38. The second kappa shape index (κ2) is 11.5. The minimum Gasteiger partial charge on any atom is -0.356 e. The largest absolute Gasteiger partial charge is 0.418 e. The number of aromatic nitrogens is 2. The standard InChI is InChI=1S/C24H24F4N4O4S/c1-3-16-8-5-6-9-17(16)23-18(24(25,26)27)12-13-19(29-23)31-37(34,35)21-11-7-10-20(30-21)32(4-2)15-14-22(33)36-28/h5-13H,3-4,14-15H2,1-2H3,(H,29,31). The van der Waals surface area contributed by atoms with Gasteiger partial charge >= 0.3 is 12.1 Å². The summed E-state index contributed by atoms with van der Waals surface area (Å²) in [6.07, 6.45) is -4.56. The van der Waals surface area contributed by atoms with Crippen molar-refractivity contribution in [1.82, 2.24) is 9.97 Å². The number of benzene rings is 1. The number of alkyl halides is 3. The molecule has 0 bridgehead atoms. The highest BCUT2D eigenvalue weighted by Gasteiger charge is 2.35. The summed E-state index contributed by atoms with van der Waals surface area (Å²) in [6, 6.07) is 12.3. The SMILES string of the molecule is CCc1ccccc1-c1nc(NS(=O)(=O)c2cccc(N(CC)CCC(=O)OF)n2)ccc1C(F)(F)F. The van der Waals surface area contributed by atoms with Gasteiger partial charge in [-0.2, -0.15) is 21.6 Å². The van der Waals surface area contributed by atoms with Gasteiger partial charge in [-0.25, -0.2) is 14.8 Å². The van der Waals surface area contributed by atoms with Crippen molar-refractivity contribution in [1.29, 1.82) is 0 Å². The van der Waals surface area contributed by atoms with E-state index >= 15 is 0 Å². The van der Waals surface area contributed by atoms with Crippen molar-refractivity contribution >= 4 is 27.6 Å². The van der Waals surface area contributed by atoms with Crippen LogP contribution in [-0.4, -0.2) is 37.4 Å². The molecule has 0 spiro atoms. The number of nitrogens with one attached hydrogen (secondary N) is 1. The molecular formula is C24H24F4N4O4S. The van der Waals surface area contributed by atoms with Crippen LogP contribution in [-0.2, 0) is 32.4 Å². The predicted octanol–water partition coefficient (Wildman–Crippen LogP) is 5.17. The molecule has 0 radical (unpaired) electrons. The van der Waals surface area contributed by atoms with Crippen molar-refractivity contribution < 1.29 is 35.9 Å². The number of sulfonamides is 1. The van der Waals surface area contributed by atoms with Crippen LogP contribution >= 0.6 is 0 Å². The molecule has 1 N–H and O–H groups in total. The predicted molar refractivity (Wildman–Crippen MR) is 129 cm³/mol. The molecule has 37 heavy (non-hydrogen) atoms. The van der Waals surface area contributed by atoms with Gasteiger partial charge in [0.15, 0.2) is 5.03 Å². The zero-order chi connectivity index (χ0) is 27.2. The van der Waals surface area contributed by atoms with E-state index in [2.05, 4.69) is 19.6 Å². The normalized spacial score (nSPS) is 11.7. The molecular weight excluding hydrogens is 516 g/mol. The highest BCUT2D eigenvalue weighted by molar-refractivity contribution is 7.92.